The van der Waals surface area contributed by atoms with Crippen LogP contribution in [0.15, 0.2) is 23.3 Å². The molecule has 1 fully saturated rings. The summed E-state index contributed by atoms with van der Waals surface area (Å²) in [4.78, 5) is 35.7. The van der Waals surface area contributed by atoms with E-state index in [0.717, 1.165) is 6.07 Å². The summed E-state index contributed by atoms with van der Waals surface area (Å²) in [5.41, 5.74) is -0.903. The third-order valence-electron chi connectivity index (χ3n) is 2.89. The van der Waals surface area contributed by atoms with Crippen LogP contribution in [-0.4, -0.2) is 52.8 Å². The fourth-order valence-corrected chi connectivity index (χ4v) is 1.85. The summed E-state index contributed by atoms with van der Waals surface area (Å²) < 4.78 is 6.55. The molecule has 0 radical (unpaired) electrons. The molecule has 0 saturated carbocycles. The first kappa shape index (κ1) is 13.3. The quantitative estimate of drug-likeness (QED) is 0.789. The fourth-order valence-electron chi connectivity index (χ4n) is 1.85. The van der Waals surface area contributed by atoms with Gasteiger partial charge in [0, 0.05) is 31.5 Å². The first-order valence-electron chi connectivity index (χ1n) is 5.87. The van der Waals surface area contributed by atoms with E-state index in [1.165, 1.54) is 17.0 Å². The second kappa shape index (κ2) is 5.66. The van der Waals surface area contributed by atoms with Crippen LogP contribution in [0.2, 0.25) is 0 Å². The van der Waals surface area contributed by atoms with E-state index in [4.69, 9.17) is 9.84 Å². The molecule has 102 valence electrons. The number of aromatic carboxylic acids is 1. The van der Waals surface area contributed by atoms with Gasteiger partial charge in [-0.1, -0.05) is 0 Å². The summed E-state index contributed by atoms with van der Waals surface area (Å²) in [5.74, 6) is -1.42. The van der Waals surface area contributed by atoms with Gasteiger partial charge in [-0.25, -0.2) is 4.79 Å². The Hall–Kier alpha value is -2.15. The number of carboxylic acids is 1. The van der Waals surface area contributed by atoms with Gasteiger partial charge in [0.2, 0.25) is 5.91 Å². The van der Waals surface area contributed by atoms with E-state index in [9.17, 15) is 14.4 Å². The molecule has 0 atom stereocenters. The predicted molar refractivity (Wildman–Crippen MR) is 65.1 cm³/mol. The van der Waals surface area contributed by atoms with Crippen molar-refractivity contribution < 1.29 is 19.4 Å². The summed E-state index contributed by atoms with van der Waals surface area (Å²) in [6, 6.07) is 1.15. The number of morpholine rings is 1. The smallest absolute Gasteiger partial charge is 0.341 e. The largest absolute Gasteiger partial charge is 0.477 e. The van der Waals surface area contributed by atoms with Crippen molar-refractivity contribution >= 4 is 11.9 Å². The Labute approximate surface area is 109 Å². The third-order valence-corrected chi connectivity index (χ3v) is 2.89. The standard InChI is InChI=1S/C12H14N2O5/c15-10-1-2-13(7-9(10)12(17)18)8-11(16)14-3-5-19-6-4-14/h1-2,7H,3-6,8H2,(H,17,18). The Morgan fingerprint density at radius 2 is 2.00 bits per heavy atom. The maximum atomic E-state index is 12.0. The first-order chi connectivity index (χ1) is 9.08. The van der Waals surface area contributed by atoms with Gasteiger partial charge in [-0.15, -0.1) is 0 Å². The molecule has 1 aromatic rings. The average molecular weight is 266 g/mol. The number of hydrogen-bond donors (Lipinski definition) is 1. The highest BCUT2D eigenvalue weighted by molar-refractivity contribution is 5.87. The van der Waals surface area contributed by atoms with Crippen LogP contribution in [0.5, 0.6) is 0 Å². The lowest BCUT2D eigenvalue weighted by Gasteiger charge is -2.27. The zero-order chi connectivity index (χ0) is 13.8. The summed E-state index contributed by atoms with van der Waals surface area (Å²) in [5, 5.41) is 8.85. The summed E-state index contributed by atoms with van der Waals surface area (Å²) in [6.07, 6.45) is 2.59. The Balaban J connectivity index is 2.10. The minimum atomic E-state index is -1.29. The zero-order valence-corrected chi connectivity index (χ0v) is 10.2. The lowest BCUT2D eigenvalue weighted by Crippen LogP contribution is -2.42. The van der Waals surface area contributed by atoms with Crippen molar-refractivity contribution in [3.8, 4) is 0 Å². The Bertz CT molecular complexity index is 545. The molecular weight excluding hydrogens is 252 g/mol. The number of rotatable bonds is 3. The van der Waals surface area contributed by atoms with E-state index in [-0.39, 0.29) is 18.0 Å². The van der Waals surface area contributed by atoms with Crippen molar-refractivity contribution in [2.24, 2.45) is 0 Å². The highest BCUT2D eigenvalue weighted by Crippen LogP contribution is 2.00. The number of aromatic nitrogens is 1. The predicted octanol–water partition coefficient (Wildman–Crippen LogP) is -0.595. The molecular formula is C12H14N2O5. The third kappa shape index (κ3) is 3.19. The van der Waals surface area contributed by atoms with Crippen molar-refractivity contribution in [1.82, 2.24) is 9.47 Å². The second-order valence-electron chi connectivity index (χ2n) is 4.19. The van der Waals surface area contributed by atoms with Crippen LogP contribution in [0.3, 0.4) is 0 Å². The Kier molecular flexibility index (Phi) is 3.96. The fraction of sp³-hybridized carbons (Fsp3) is 0.417. The number of carbonyl (C=O) groups is 2. The Morgan fingerprint density at radius 1 is 1.32 bits per heavy atom. The van der Waals surface area contributed by atoms with Crippen molar-refractivity contribution in [2.75, 3.05) is 26.3 Å². The van der Waals surface area contributed by atoms with Crippen LogP contribution in [0.1, 0.15) is 10.4 Å². The molecule has 7 nitrogen and oxygen atoms in total. The lowest BCUT2D eigenvalue weighted by atomic mass is 10.2. The van der Waals surface area contributed by atoms with E-state index < -0.39 is 11.4 Å². The van der Waals surface area contributed by atoms with Crippen LogP contribution in [0.25, 0.3) is 0 Å². The topological polar surface area (TPSA) is 88.8 Å². The minimum Gasteiger partial charge on any atom is -0.477 e. The average Bonchev–Trinajstić information content (AvgIpc) is 2.41. The van der Waals surface area contributed by atoms with Gasteiger partial charge in [0.05, 0.1) is 13.2 Å². The molecule has 1 aromatic heterocycles. The van der Waals surface area contributed by atoms with Gasteiger partial charge < -0.3 is 19.3 Å². The van der Waals surface area contributed by atoms with Gasteiger partial charge in [-0.05, 0) is 0 Å². The van der Waals surface area contributed by atoms with Crippen molar-refractivity contribution in [2.45, 2.75) is 6.54 Å². The molecule has 0 spiro atoms. The highest BCUT2D eigenvalue weighted by Gasteiger charge is 2.17. The first-order valence-corrected chi connectivity index (χ1v) is 5.87. The molecule has 1 aliphatic heterocycles. The summed E-state index contributed by atoms with van der Waals surface area (Å²) in [6.45, 7) is 2.10. The zero-order valence-electron chi connectivity index (χ0n) is 10.2. The van der Waals surface area contributed by atoms with Gasteiger partial charge in [-0.2, -0.15) is 0 Å². The minimum absolute atomic E-state index is 0.0144. The van der Waals surface area contributed by atoms with Crippen molar-refractivity contribution in [3.05, 3.63) is 34.2 Å². The number of pyridine rings is 1. The second-order valence-corrected chi connectivity index (χ2v) is 4.19. The Morgan fingerprint density at radius 3 is 2.63 bits per heavy atom. The molecule has 19 heavy (non-hydrogen) atoms. The van der Waals surface area contributed by atoms with Crippen LogP contribution < -0.4 is 5.43 Å². The molecule has 0 aromatic carbocycles. The van der Waals surface area contributed by atoms with E-state index >= 15 is 0 Å². The normalized spacial score (nSPS) is 15.3. The maximum Gasteiger partial charge on any atom is 0.341 e. The van der Waals surface area contributed by atoms with E-state index in [2.05, 4.69) is 0 Å². The monoisotopic (exact) mass is 266 g/mol. The summed E-state index contributed by atoms with van der Waals surface area (Å²) >= 11 is 0. The van der Waals surface area contributed by atoms with Gasteiger partial charge in [0.25, 0.3) is 0 Å². The van der Waals surface area contributed by atoms with Gasteiger partial charge in [0.15, 0.2) is 5.43 Å². The van der Waals surface area contributed by atoms with Crippen molar-refractivity contribution in [3.63, 3.8) is 0 Å². The highest BCUT2D eigenvalue weighted by atomic mass is 16.5. The van der Waals surface area contributed by atoms with Crippen molar-refractivity contribution in [1.29, 1.82) is 0 Å². The number of ether oxygens (including phenoxy) is 1. The molecule has 0 bridgehead atoms. The van der Waals surface area contributed by atoms with Crippen LogP contribution in [0, 0.1) is 0 Å². The molecule has 2 heterocycles. The number of carboxylic acid groups (broad SMARTS) is 1. The van der Waals surface area contributed by atoms with E-state index in [0.29, 0.717) is 26.3 Å². The van der Waals surface area contributed by atoms with Crippen LogP contribution in [0.4, 0.5) is 0 Å². The molecule has 1 aliphatic rings. The summed E-state index contributed by atoms with van der Waals surface area (Å²) in [7, 11) is 0. The van der Waals surface area contributed by atoms with Gasteiger partial charge in [0.1, 0.15) is 12.1 Å². The number of hydrogen-bond acceptors (Lipinski definition) is 4. The van der Waals surface area contributed by atoms with E-state index in [1.807, 2.05) is 0 Å². The molecule has 2 rings (SSSR count). The molecule has 1 saturated heterocycles. The van der Waals surface area contributed by atoms with Crippen LogP contribution in [-0.2, 0) is 16.1 Å². The van der Waals surface area contributed by atoms with Gasteiger partial charge in [-0.3, -0.25) is 9.59 Å². The molecule has 1 N–H and O–H groups in total. The van der Waals surface area contributed by atoms with Crippen LogP contribution >= 0.6 is 0 Å². The molecule has 0 unspecified atom stereocenters. The van der Waals surface area contributed by atoms with E-state index in [1.54, 1.807) is 4.90 Å². The number of carbonyl (C=O) groups excluding carboxylic acids is 1. The molecule has 7 heteroatoms. The number of nitrogens with zero attached hydrogens (tertiary/aromatic N) is 2. The maximum absolute atomic E-state index is 12.0. The lowest BCUT2D eigenvalue weighted by molar-refractivity contribution is -0.135. The SMILES string of the molecule is O=C(O)c1cn(CC(=O)N2CCOCC2)ccc1=O. The molecule has 0 aliphatic carbocycles. The molecule has 1 amide bonds. The number of amides is 1. The van der Waals surface area contributed by atoms with Gasteiger partial charge >= 0.3 is 5.97 Å².